The molecular weight excluding hydrogens is 523 g/mol. The normalized spacial score (nSPS) is 11.7. The molecule has 7 nitrogen and oxygen atoms in total. The minimum atomic E-state index is -3.55. The Bertz CT molecular complexity index is 843. The number of methoxy groups -OCH3 is 1. The summed E-state index contributed by atoms with van der Waals surface area (Å²) < 4.78 is 32.1. The maximum absolute atomic E-state index is 12.3. The summed E-state index contributed by atoms with van der Waals surface area (Å²) in [5.74, 6) is 0.713. The van der Waals surface area contributed by atoms with Crippen molar-refractivity contribution < 1.29 is 13.2 Å². The maximum atomic E-state index is 12.3. The Labute approximate surface area is 194 Å². The average molecular weight is 553 g/mol. The molecule has 0 amide bonds. The summed E-state index contributed by atoms with van der Waals surface area (Å²) >= 11 is 1.74. The minimum Gasteiger partial charge on any atom is -0.383 e. The number of ether oxygens (including phenoxy) is 1. The quantitative estimate of drug-likeness (QED) is 0.173. The van der Waals surface area contributed by atoms with Gasteiger partial charge in [0.1, 0.15) is 0 Å². The number of halogens is 1. The second-order valence-corrected chi connectivity index (χ2v) is 8.79. The van der Waals surface area contributed by atoms with Crippen LogP contribution in [-0.4, -0.2) is 47.7 Å². The zero-order valence-electron chi connectivity index (χ0n) is 16.7. The summed E-state index contributed by atoms with van der Waals surface area (Å²) in [6.45, 7) is 4.49. The van der Waals surface area contributed by atoms with Gasteiger partial charge >= 0.3 is 0 Å². The smallest absolute Gasteiger partial charge is 0.240 e. The Kier molecular flexibility index (Phi) is 12.4. The van der Waals surface area contributed by atoms with Crippen LogP contribution >= 0.6 is 35.3 Å². The van der Waals surface area contributed by atoms with Gasteiger partial charge in [-0.25, -0.2) is 18.1 Å². The molecule has 29 heavy (non-hydrogen) atoms. The SMILES string of the molecule is CCNC(=NCc1cccc(S(=O)(=O)NCCOC)c1)NCCc1cccs1.I. The highest BCUT2D eigenvalue weighted by molar-refractivity contribution is 14.0. The van der Waals surface area contributed by atoms with E-state index < -0.39 is 10.0 Å². The van der Waals surface area contributed by atoms with Crippen LogP contribution in [0.4, 0.5) is 0 Å². The second-order valence-electron chi connectivity index (χ2n) is 5.99. The Morgan fingerprint density at radius 2 is 2.00 bits per heavy atom. The Morgan fingerprint density at radius 1 is 1.17 bits per heavy atom. The molecule has 0 aliphatic rings. The summed E-state index contributed by atoms with van der Waals surface area (Å²) in [6.07, 6.45) is 0.933. The molecule has 0 unspecified atom stereocenters. The third-order valence-electron chi connectivity index (χ3n) is 3.81. The predicted molar refractivity (Wildman–Crippen MR) is 130 cm³/mol. The molecule has 10 heteroatoms. The zero-order valence-corrected chi connectivity index (χ0v) is 20.6. The van der Waals surface area contributed by atoms with Crippen LogP contribution in [0.1, 0.15) is 17.4 Å². The van der Waals surface area contributed by atoms with Gasteiger partial charge in [0.2, 0.25) is 10.0 Å². The lowest BCUT2D eigenvalue weighted by Crippen LogP contribution is -2.38. The maximum Gasteiger partial charge on any atom is 0.240 e. The molecule has 1 aromatic heterocycles. The minimum absolute atomic E-state index is 0. The summed E-state index contributed by atoms with van der Waals surface area (Å²) in [4.78, 5) is 6.11. The van der Waals surface area contributed by atoms with Crippen molar-refractivity contribution in [1.29, 1.82) is 0 Å². The lowest BCUT2D eigenvalue weighted by molar-refractivity contribution is 0.204. The lowest BCUT2D eigenvalue weighted by atomic mass is 10.2. The Morgan fingerprint density at radius 3 is 2.69 bits per heavy atom. The predicted octanol–water partition coefficient (Wildman–Crippen LogP) is 2.59. The molecule has 0 saturated heterocycles. The Balaban J connectivity index is 0.00000420. The van der Waals surface area contributed by atoms with E-state index in [1.165, 1.54) is 12.0 Å². The van der Waals surface area contributed by atoms with Crippen LogP contribution in [0.25, 0.3) is 0 Å². The number of guanidine groups is 1. The topological polar surface area (TPSA) is 91.8 Å². The third kappa shape index (κ3) is 9.43. The zero-order chi connectivity index (χ0) is 20.2. The number of nitrogens with one attached hydrogen (secondary N) is 3. The van der Waals surface area contributed by atoms with Crippen molar-refractivity contribution in [2.45, 2.75) is 24.8 Å². The largest absolute Gasteiger partial charge is 0.383 e. The number of hydrogen-bond donors (Lipinski definition) is 3. The van der Waals surface area contributed by atoms with Crippen molar-refractivity contribution in [3.05, 3.63) is 52.2 Å². The van der Waals surface area contributed by atoms with E-state index in [1.54, 1.807) is 29.5 Å². The first-order valence-corrected chi connectivity index (χ1v) is 11.5. The van der Waals surface area contributed by atoms with Crippen LogP contribution < -0.4 is 15.4 Å². The van der Waals surface area contributed by atoms with Crippen LogP contribution in [0.2, 0.25) is 0 Å². The fourth-order valence-electron chi connectivity index (χ4n) is 2.44. The van der Waals surface area contributed by atoms with Crippen molar-refractivity contribution in [1.82, 2.24) is 15.4 Å². The van der Waals surface area contributed by atoms with Gasteiger partial charge < -0.3 is 15.4 Å². The number of nitrogens with zero attached hydrogens (tertiary/aromatic N) is 1. The van der Waals surface area contributed by atoms with Crippen molar-refractivity contribution in [3.8, 4) is 0 Å². The van der Waals surface area contributed by atoms with E-state index in [2.05, 4.69) is 31.8 Å². The van der Waals surface area contributed by atoms with E-state index in [4.69, 9.17) is 4.74 Å². The van der Waals surface area contributed by atoms with E-state index >= 15 is 0 Å². The standard InChI is InChI=1S/C19H28N4O3S2.HI/c1-3-20-19(21-10-9-17-7-5-13-27-17)22-15-16-6-4-8-18(14-16)28(24,25)23-11-12-26-2;/h4-8,13-14,23H,3,9-12,15H2,1-2H3,(H2,20,21,22);1H. The lowest BCUT2D eigenvalue weighted by Gasteiger charge is -2.11. The molecule has 0 aliphatic heterocycles. The number of thiophene rings is 1. The van der Waals surface area contributed by atoms with Gasteiger partial charge in [0.15, 0.2) is 5.96 Å². The third-order valence-corrected chi connectivity index (χ3v) is 6.21. The summed E-state index contributed by atoms with van der Waals surface area (Å²) in [5, 5.41) is 8.59. The Hall–Kier alpha value is -1.21. The van der Waals surface area contributed by atoms with Crippen molar-refractivity contribution in [2.75, 3.05) is 33.4 Å². The molecule has 0 spiro atoms. The number of benzene rings is 1. The van der Waals surface area contributed by atoms with Crippen LogP contribution in [0.5, 0.6) is 0 Å². The summed E-state index contributed by atoms with van der Waals surface area (Å²) in [7, 11) is -2.02. The summed E-state index contributed by atoms with van der Waals surface area (Å²) in [5.41, 5.74) is 0.824. The highest BCUT2D eigenvalue weighted by Crippen LogP contribution is 2.12. The molecule has 1 heterocycles. The molecule has 1 aromatic carbocycles. The van der Waals surface area contributed by atoms with Crippen LogP contribution in [0, 0.1) is 0 Å². The van der Waals surface area contributed by atoms with Crippen molar-refractivity contribution >= 4 is 51.3 Å². The van der Waals surface area contributed by atoms with Gasteiger partial charge in [-0.15, -0.1) is 35.3 Å². The van der Waals surface area contributed by atoms with Gasteiger partial charge in [0, 0.05) is 31.6 Å². The van der Waals surface area contributed by atoms with Crippen LogP contribution in [0.3, 0.4) is 0 Å². The summed E-state index contributed by atoms with van der Waals surface area (Å²) in [6, 6.07) is 11.0. The fourth-order valence-corrected chi connectivity index (χ4v) is 4.24. The van der Waals surface area contributed by atoms with Gasteiger partial charge in [-0.05, 0) is 42.5 Å². The molecule has 0 bridgehead atoms. The van der Waals surface area contributed by atoms with Gasteiger partial charge in [-0.1, -0.05) is 18.2 Å². The van der Waals surface area contributed by atoms with Crippen LogP contribution in [0.15, 0.2) is 51.7 Å². The van der Waals surface area contributed by atoms with Crippen molar-refractivity contribution in [3.63, 3.8) is 0 Å². The van der Waals surface area contributed by atoms with E-state index in [0.29, 0.717) is 19.1 Å². The molecule has 0 atom stereocenters. The molecule has 2 rings (SSSR count). The first-order chi connectivity index (χ1) is 13.5. The van der Waals surface area contributed by atoms with Crippen LogP contribution in [-0.2, 0) is 27.7 Å². The van der Waals surface area contributed by atoms with Gasteiger partial charge in [0.25, 0.3) is 0 Å². The molecule has 0 radical (unpaired) electrons. The van der Waals surface area contributed by atoms with Gasteiger partial charge in [0.05, 0.1) is 18.0 Å². The molecule has 2 aromatic rings. The van der Waals surface area contributed by atoms with E-state index in [1.807, 2.05) is 19.1 Å². The molecule has 0 aliphatic carbocycles. The van der Waals surface area contributed by atoms with Gasteiger partial charge in [-0.3, -0.25) is 0 Å². The molecule has 0 saturated carbocycles. The first kappa shape index (κ1) is 25.8. The first-order valence-electron chi connectivity index (χ1n) is 9.17. The van der Waals surface area contributed by atoms with Crippen molar-refractivity contribution in [2.24, 2.45) is 4.99 Å². The highest BCUT2D eigenvalue weighted by atomic mass is 127. The van der Waals surface area contributed by atoms with Gasteiger partial charge in [-0.2, -0.15) is 0 Å². The second kappa shape index (κ2) is 13.9. The highest BCUT2D eigenvalue weighted by Gasteiger charge is 2.13. The van der Waals surface area contributed by atoms with E-state index in [0.717, 1.165) is 25.1 Å². The number of aliphatic imine (C=N–C) groups is 1. The molecule has 0 fully saturated rings. The van der Waals surface area contributed by atoms with E-state index in [9.17, 15) is 8.42 Å². The van der Waals surface area contributed by atoms with E-state index in [-0.39, 0.29) is 35.4 Å². The fraction of sp³-hybridized carbons (Fsp3) is 0.421. The monoisotopic (exact) mass is 552 g/mol. The molecule has 162 valence electrons. The number of sulfonamides is 1. The average Bonchev–Trinajstić information content (AvgIpc) is 3.20. The number of hydrogen-bond acceptors (Lipinski definition) is 5. The molecular formula is C19H29IN4O3S2. The molecule has 3 N–H and O–H groups in total. The number of rotatable bonds is 11.